The molecule has 2 rings (SSSR count). The number of para-hydroxylation sites is 1. The van der Waals surface area contributed by atoms with Crippen molar-refractivity contribution in [1.29, 1.82) is 0 Å². The number of carbonyl (C=O) groups excluding carboxylic acids is 1. The van der Waals surface area contributed by atoms with Gasteiger partial charge in [-0.1, -0.05) is 38.1 Å². The van der Waals surface area contributed by atoms with Gasteiger partial charge in [-0.2, -0.15) is 0 Å². The van der Waals surface area contributed by atoms with Crippen molar-refractivity contribution < 1.29 is 17.9 Å². The molecule has 0 aliphatic rings. The summed E-state index contributed by atoms with van der Waals surface area (Å²) in [5.41, 5.74) is 1.48. The second kappa shape index (κ2) is 8.16. The number of anilines is 1. The van der Waals surface area contributed by atoms with Crippen LogP contribution in [0.2, 0.25) is 0 Å². The van der Waals surface area contributed by atoms with Crippen LogP contribution in [0, 0.1) is 0 Å². The molecule has 0 amide bonds. The summed E-state index contributed by atoms with van der Waals surface area (Å²) < 4.78 is 32.7. The van der Waals surface area contributed by atoms with Crippen molar-refractivity contribution in [2.45, 2.75) is 38.0 Å². The lowest BCUT2D eigenvalue weighted by atomic mass is 9.99. The number of sulfonamides is 1. The van der Waals surface area contributed by atoms with E-state index in [2.05, 4.69) is 18.6 Å². The van der Waals surface area contributed by atoms with Crippen LogP contribution in [0.25, 0.3) is 0 Å². The number of esters is 1. The van der Waals surface area contributed by atoms with Crippen LogP contribution in [0.1, 0.15) is 49.0 Å². The van der Waals surface area contributed by atoms with Gasteiger partial charge in [0, 0.05) is 0 Å². The summed E-state index contributed by atoms with van der Waals surface area (Å²) in [6.45, 7) is 6.10. The molecule has 1 N–H and O–H groups in total. The highest BCUT2D eigenvalue weighted by atomic mass is 32.2. The van der Waals surface area contributed by atoms with Gasteiger partial charge in [-0.15, -0.1) is 0 Å². The lowest BCUT2D eigenvalue weighted by Gasteiger charge is -2.13. The summed E-state index contributed by atoms with van der Waals surface area (Å²) in [6.07, 6.45) is 0.983. The van der Waals surface area contributed by atoms with Crippen molar-refractivity contribution >= 4 is 21.7 Å². The van der Waals surface area contributed by atoms with E-state index in [-0.39, 0.29) is 22.8 Å². The highest BCUT2D eigenvalue weighted by Crippen LogP contribution is 2.23. The molecule has 6 heteroatoms. The van der Waals surface area contributed by atoms with E-state index in [4.69, 9.17) is 4.74 Å². The molecule has 0 aliphatic heterocycles. The number of ether oxygens (including phenoxy) is 1. The molecule has 0 fully saturated rings. The highest BCUT2D eigenvalue weighted by Gasteiger charge is 2.19. The van der Waals surface area contributed by atoms with Crippen LogP contribution in [0.15, 0.2) is 53.4 Å². The normalized spacial score (nSPS) is 12.4. The quantitative estimate of drug-likeness (QED) is 0.751. The number of hydrogen-bond acceptors (Lipinski definition) is 4. The Hall–Kier alpha value is -2.34. The molecule has 2 aromatic carbocycles. The topological polar surface area (TPSA) is 72.5 Å². The maximum absolute atomic E-state index is 12.6. The first-order chi connectivity index (χ1) is 11.9. The summed E-state index contributed by atoms with van der Waals surface area (Å²) in [7, 11) is -3.79. The Balaban J connectivity index is 2.29. The fraction of sp³-hybridized carbons (Fsp3) is 0.316. The third-order valence-corrected chi connectivity index (χ3v) is 5.42. The second-order valence-electron chi connectivity index (χ2n) is 5.75. The molecule has 0 aromatic heterocycles. The lowest BCUT2D eigenvalue weighted by molar-refractivity contribution is 0.0527. The van der Waals surface area contributed by atoms with E-state index in [1.807, 2.05) is 12.1 Å². The van der Waals surface area contributed by atoms with Crippen molar-refractivity contribution in [1.82, 2.24) is 0 Å². The van der Waals surface area contributed by atoms with Crippen molar-refractivity contribution in [2.24, 2.45) is 0 Å². The molecule has 25 heavy (non-hydrogen) atoms. The number of rotatable bonds is 7. The Kier molecular flexibility index (Phi) is 6.20. The standard InChI is InChI=1S/C19H23NO4S/c1-4-14(3)15-10-12-16(13-11-15)25(22,23)20-18-9-7-6-8-17(18)19(21)24-5-2/h6-14,20H,4-5H2,1-3H3. The van der Waals surface area contributed by atoms with Gasteiger partial charge in [-0.3, -0.25) is 4.72 Å². The molecule has 0 saturated carbocycles. The van der Waals surface area contributed by atoms with Crippen LogP contribution in [0.3, 0.4) is 0 Å². The monoisotopic (exact) mass is 361 g/mol. The first kappa shape index (κ1) is 19.0. The molecular weight excluding hydrogens is 338 g/mol. The predicted octanol–water partition coefficient (Wildman–Crippen LogP) is 4.18. The lowest BCUT2D eigenvalue weighted by Crippen LogP contribution is -2.16. The Labute approximate surface area is 149 Å². The van der Waals surface area contributed by atoms with Gasteiger partial charge < -0.3 is 4.74 Å². The molecule has 0 aliphatic carbocycles. The van der Waals surface area contributed by atoms with Crippen LogP contribution in [0.4, 0.5) is 5.69 Å². The van der Waals surface area contributed by atoms with Crippen molar-refractivity contribution in [3.8, 4) is 0 Å². The third-order valence-electron chi connectivity index (χ3n) is 4.04. The number of nitrogens with one attached hydrogen (secondary N) is 1. The summed E-state index contributed by atoms with van der Waals surface area (Å²) in [4.78, 5) is 12.1. The van der Waals surface area contributed by atoms with Gasteiger partial charge in [0.25, 0.3) is 10.0 Å². The summed E-state index contributed by atoms with van der Waals surface area (Å²) >= 11 is 0. The van der Waals surface area contributed by atoms with Gasteiger partial charge in [0.2, 0.25) is 0 Å². The van der Waals surface area contributed by atoms with Gasteiger partial charge in [0.1, 0.15) is 0 Å². The maximum atomic E-state index is 12.6. The zero-order valence-electron chi connectivity index (χ0n) is 14.7. The highest BCUT2D eigenvalue weighted by molar-refractivity contribution is 7.92. The summed E-state index contributed by atoms with van der Waals surface area (Å²) in [5, 5.41) is 0. The smallest absolute Gasteiger partial charge is 0.340 e. The number of benzene rings is 2. The van der Waals surface area contributed by atoms with Crippen molar-refractivity contribution in [3.63, 3.8) is 0 Å². The van der Waals surface area contributed by atoms with E-state index in [0.29, 0.717) is 5.92 Å². The molecule has 0 saturated heterocycles. The van der Waals surface area contributed by atoms with E-state index in [0.717, 1.165) is 12.0 Å². The largest absolute Gasteiger partial charge is 0.462 e. The van der Waals surface area contributed by atoms with Gasteiger partial charge in [0.15, 0.2) is 0 Å². The van der Waals surface area contributed by atoms with E-state index >= 15 is 0 Å². The fourth-order valence-electron chi connectivity index (χ4n) is 2.37. The Morgan fingerprint density at radius 1 is 1.08 bits per heavy atom. The second-order valence-corrected chi connectivity index (χ2v) is 7.43. The SMILES string of the molecule is CCOC(=O)c1ccccc1NS(=O)(=O)c1ccc(C(C)CC)cc1. The molecule has 2 aromatic rings. The van der Waals surface area contributed by atoms with Crippen molar-refractivity contribution in [2.75, 3.05) is 11.3 Å². The molecule has 5 nitrogen and oxygen atoms in total. The molecule has 0 bridgehead atoms. The summed E-state index contributed by atoms with van der Waals surface area (Å²) in [5.74, 6) is -0.192. The first-order valence-electron chi connectivity index (χ1n) is 8.28. The van der Waals surface area contributed by atoms with Crippen LogP contribution in [-0.2, 0) is 14.8 Å². The Bertz CT molecular complexity index is 829. The third kappa shape index (κ3) is 4.60. The Morgan fingerprint density at radius 3 is 2.32 bits per heavy atom. The van der Waals surface area contributed by atoms with Crippen LogP contribution >= 0.6 is 0 Å². The molecular formula is C19H23NO4S. The van der Waals surface area contributed by atoms with Gasteiger partial charge in [0.05, 0.1) is 22.8 Å². The Morgan fingerprint density at radius 2 is 1.72 bits per heavy atom. The molecule has 0 radical (unpaired) electrons. The number of carbonyl (C=O) groups is 1. The van der Waals surface area contributed by atoms with E-state index in [1.165, 1.54) is 12.1 Å². The van der Waals surface area contributed by atoms with Gasteiger partial charge in [-0.05, 0) is 49.1 Å². The van der Waals surface area contributed by atoms with Crippen LogP contribution < -0.4 is 4.72 Å². The molecule has 0 heterocycles. The van der Waals surface area contributed by atoms with Gasteiger partial charge >= 0.3 is 5.97 Å². The molecule has 0 spiro atoms. The zero-order chi connectivity index (χ0) is 18.4. The minimum atomic E-state index is -3.79. The average Bonchev–Trinajstić information content (AvgIpc) is 2.61. The maximum Gasteiger partial charge on any atom is 0.340 e. The predicted molar refractivity (Wildman–Crippen MR) is 98.4 cm³/mol. The van der Waals surface area contributed by atoms with Gasteiger partial charge in [-0.25, -0.2) is 13.2 Å². The molecule has 1 unspecified atom stereocenters. The first-order valence-corrected chi connectivity index (χ1v) is 9.76. The summed E-state index contributed by atoms with van der Waals surface area (Å²) in [6, 6.07) is 13.2. The number of hydrogen-bond donors (Lipinski definition) is 1. The van der Waals surface area contributed by atoms with E-state index < -0.39 is 16.0 Å². The van der Waals surface area contributed by atoms with Crippen molar-refractivity contribution in [3.05, 3.63) is 59.7 Å². The minimum absolute atomic E-state index is 0.151. The molecule has 1 atom stereocenters. The van der Waals surface area contributed by atoms with Crippen LogP contribution in [0.5, 0.6) is 0 Å². The zero-order valence-corrected chi connectivity index (χ0v) is 15.5. The van der Waals surface area contributed by atoms with E-state index in [9.17, 15) is 13.2 Å². The fourth-order valence-corrected chi connectivity index (χ4v) is 3.45. The van der Waals surface area contributed by atoms with E-state index in [1.54, 1.807) is 31.2 Å². The van der Waals surface area contributed by atoms with Crippen LogP contribution in [-0.4, -0.2) is 21.0 Å². The molecule has 134 valence electrons. The average molecular weight is 361 g/mol. The minimum Gasteiger partial charge on any atom is -0.462 e.